The molecule has 0 radical (unpaired) electrons. The van der Waals surface area contributed by atoms with Crippen molar-refractivity contribution in [2.45, 2.75) is 6.18 Å². The lowest BCUT2D eigenvalue weighted by Crippen LogP contribution is -2.26. The highest BCUT2D eigenvalue weighted by atomic mass is 32.2. The number of carbonyl (C=O) groups is 1. The summed E-state index contributed by atoms with van der Waals surface area (Å²) in [6.07, 6.45) is 1.69. The fourth-order valence-electron chi connectivity index (χ4n) is 1.35. The average Bonchev–Trinajstić information content (AvgIpc) is 2.37. The van der Waals surface area contributed by atoms with Gasteiger partial charge in [0.2, 0.25) is 0 Å². The maximum atomic E-state index is 12.6. The first-order valence-electron chi connectivity index (χ1n) is 5.66. The van der Waals surface area contributed by atoms with E-state index in [2.05, 4.69) is 10.3 Å². The van der Waals surface area contributed by atoms with Crippen LogP contribution in [-0.4, -0.2) is 34.3 Å². The summed E-state index contributed by atoms with van der Waals surface area (Å²) in [7, 11) is -1.68. The summed E-state index contributed by atoms with van der Waals surface area (Å²) in [6.45, 7) is -0.00525. The largest absolute Gasteiger partial charge is 0.416 e. The molecule has 8 heteroatoms. The number of terminal acetylenes is 1. The van der Waals surface area contributed by atoms with Crippen LogP contribution in [0.5, 0.6) is 0 Å². The Morgan fingerprint density at radius 3 is 2.62 bits per heavy atom. The summed E-state index contributed by atoms with van der Waals surface area (Å²) in [5.74, 6) is 1.25. The quantitative estimate of drug-likeness (QED) is 0.804. The Balaban J connectivity index is 3.16. The van der Waals surface area contributed by atoms with Gasteiger partial charge >= 0.3 is 6.18 Å². The number of benzene rings is 1. The van der Waals surface area contributed by atoms with Gasteiger partial charge in [-0.15, -0.1) is 10.8 Å². The minimum atomic E-state index is -4.57. The molecule has 0 spiro atoms. The molecule has 1 rings (SSSR count). The number of halogens is 3. The first kappa shape index (κ1) is 17.2. The molecule has 0 N–H and O–H groups in total. The van der Waals surface area contributed by atoms with Gasteiger partial charge < -0.3 is 0 Å². The molecule has 0 bridgehead atoms. The fourth-order valence-corrected chi connectivity index (χ4v) is 2.22. The maximum absolute atomic E-state index is 12.6. The molecule has 21 heavy (non-hydrogen) atoms. The lowest BCUT2D eigenvalue weighted by atomic mass is 10.1. The molecule has 0 aliphatic rings. The number of alkyl halides is 3. The Bertz CT molecular complexity index is 698. The standard InChI is InChI=1S/C13H13F3N2O2S/c1-4-8-18(2)21(3,20)17-12(19)10-6-5-7-11(9-10)13(14,15)16/h1,5-7,9H,8H2,2-3H3. The molecule has 0 heterocycles. The second kappa shape index (κ2) is 6.28. The summed E-state index contributed by atoms with van der Waals surface area (Å²) < 4.78 is 54.5. The van der Waals surface area contributed by atoms with E-state index in [1.54, 1.807) is 0 Å². The Hall–Kier alpha value is -1.85. The summed E-state index contributed by atoms with van der Waals surface area (Å²) in [5, 5.41) is 0. The van der Waals surface area contributed by atoms with Crippen molar-refractivity contribution in [3.63, 3.8) is 0 Å². The van der Waals surface area contributed by atoms with Gasteiger partial charge in [0.15, 0.2) is 0 Å². The highest BCUT2D eigenvalue weighted by Crippen LogP contribution is 2.29. The molecule has 1 amide bonds. The van der Waals surface area contributed by atoms with Gasteiger partial charge in [0.25, 0.3) is 5.91 Å². The topological polar surface area (TPSA) is 49.7 Å². The molecule has 0 aliphatic heterocycles. The minimum absolute atomic E-state index is 0.00525. The van der Waals surface area contributed by atoms with Gasteiger partial charge in [-0.3, -0.25) is 4.79 Å². The summed E-state index contributed by atoms with van der Waals surface area (Å²) >= 11 is 0. The molecule has 1 unspecified atom stereocenters. The van der Waals surface area contributed by atoms with Gasteiger partial charge in [0, 0.05) is 18.9 Å². The zero-order valence-electron chi connectivity index (χ0n) is 11.3. The van der Waals surface area contributed by atoms with Gasteiger partial charge in [-0.25, -0.2) is 8.51 Å². The molecular weight excluding hydrogens is 305 g/mol. The molecule has 1 atom stereocenters. The van der Waals surface area contributed by atoms with Crippen molar-refractivity contribution in [2.24, 2.45) is 4.36 Å². The van der Waals surface area contributed by atoms with Crippen molar-refractivity contribution < 1.29 is 22.2 Å². The number of carbonyl (C=O) groups excluding carboxylic acids is 1. The van der Waals surface area contributed by atoms with Crippen molar-refractivity contribution in [2.75, 3.05) is 19.8 Å². The lowest BCUT2D eigenvalue weighted by molar-refractivity contribution is -0.137. The molecular formula is C13H13F3N2O2S. The predicted molar refractivity (Wildman–Crippen MR) is 73.7 cm³/mol. The summed E-state index contributed by atoms with van der Waals surface area (Å²) in [6, 6.07) is 3.78. The van der Waals surface area contributed by atoms with Crippen molar-refractivity contribution in [3.8, 4) is 12.3 Å². The highest BCUT2D eigenvalue weighted by Gasteiger charge is 2.31. The average molecular weight is 318 g/mol. The van der Waals surface area contributed by atoms with E-state index in [1.807, 2.05) is 0 Å². The number of nitrogens with zero attached hydrogens (tertiary/aromatic N) is 2. The van der Waals surface area contributed by atoms with Crippen molar-refractivity contribution in [3.05, 3.63) is 35.4 Å². The Morgan fingerprint density at radius 1 is 1.48 bits per heavy atom. The van der Waals surface area contributed by atoms with Crippen molar-refractivity contribution in [1.29, 1.82) is 0 Å². The van der Waals surface area contributed by atoms with E-state index >= 15 is 0 Å². The van der Waals surface area contributed by atoms with E-state index in [4.69, 9.17) is 6.42 Å². The minimum Gasteiger partial charge on any atom is -0.266 e. The molecule has 0 aromatic heterocycles. The van der Waals surface area contributed by atoms with Crippen LogP contribution in [-0.2, 0) is 16.1 Å². The van der Waals surface area contributed by atoms with Crippen LogP contribution < -0.4 is 0 Å². The first-order chi connectivity index (χ1) is 9.58. The van der Waals surface area contributed by atoms with Crippen LogP contribution in [0.3, 0.4) is 0 Å². The molecule has 4 nitrogen and oxygen atoms in total. The second-order valence-corrected chi connectivity index (χ2v) is 6.56. The van der Waals surface area contributed by atoms with Gasteiger partial charge in [-0.05, 0) is 18.2 Å². The van der Waals surface area contributed by atoms with Crippen LogP contribution in [0.2, 0.25) is 0 Å². The fraction of sp³-hybridized carbons (Fsp3) is 0.308. The summed E-state index contributed by atoms with van der Waals surface area (Å²) in [5.41, 5.74) is -1.25. The van der Waals surface area contributed by atoms with Gasteiger partial charge in [-0.2, -0.15) is 13.2 Å². The van der Waals surface area contributed by atoms with Crippen molar-refractivity contribution >= 4 is 15.8 Å². The SMILES string of the molecule is C#CCN(C)S(C)(=O)=NC(=O)c1cccc(C(F)(F)F)c1. The van der Waals surface area contributed by atoms with E-state index in [-0.39, 0.29) is 12.1 Å². The lowest BCUT2D eigenvalue weighted by Gasteiger charge is -2.14. The third-order valence-electron chi connectivity index (χ3n) is 2.58. The molecule has 1 aromatic carbocycles. The van der Waals surface area contributed by atoms with E-state index in [1.165, 1.54) is 23.7 Å². The molecule has 0 aliphatic carbocycles. The van der Waals surface area contributed by atoms with E-state index in [9.17, 15) is 22.2 Å². The van der Waals surface area contributed by atoms with Crippen LogP contribution in [0, 0.1) is 12.3 Å². The van der Waals surface area contributed by atoms with Gasteiger partial charge in [0.1, 0.15) is 9.92 Å². The third kappa shape index (κ3) is 4.58. The number of hydrogen-bond donors (Lipinski definition) is 0. The molecule has 0 saturated heterocycles. The van der Waals surface area contributed by atoms with E-state index < -0.39 is 27.6 Å². The monoisotopic (exact) mass is 318 g/mol. The van der Waals surface area contributed by atoms with E-state index in [0.717, 1.165) is 12.1 Å². The van der Waals surface area contributed by atoms with Crippen LogP contribution in [0.25, 0.3) is 0 Å². The summed E-state index contributed by atoms with van der Waals surface area (Å²) in [4.78, 5) is 11.9. The predicted octanol–water partition coefficient (Wildman–Crippen LogP) is 2.42. The number of amides is 1. The van der Waals surface area contributed by atoms with Crippen LogP contribution in [0.1, 0.15) is 15.9 Å². The molecule has 1 aromatic rings. The van der Waals surface area contributed by atoms with E-state index in [0.29, 0.717) is 6.07 Å². The smallest absolute Gasteiger partial charge is 0.266 e. The Morgan fingerprint density at radius 2 is 2.10 bits per heavy atom. The van der Waals surface area contributed by atoms with Crippen LogP contribution >= 0.6 is 0 Å². The molecule has 114 valence electrons. The maximum Gasteiger partial charge on any atom is 0.416 e. The van der Waals surface area contributed by atoms with Gasteiger partial charge in [0.05, 0.1) is 12.1 Å². The number of hydrogen-bond acceptors (Lipinski definition) is 2. The number of rotatable bonds is 3. The van der Waals surface area contributed by atoms with Crippen LogP contribution in [0.4, 0.5) is 13.2 Å². The zero-order valence-corrected chi connectivity index (χ0v) is 12.2. The zero-order chi connectivity index (χ0) is 16.3. The highest BCUT2D eigenvalue weighted by molar-refractivity contribution is 7.90. The first-order valence-corrected chi connectivity index (χ1v) is 7.54. The van der Waals surface area contributed by atoms with Crippen LogP contribution in [0.15, 0.2) is 28.6 Å². The Labute approximate surface area is 121 Å². The second-order valence-electron chi connectivity index (χ2n) is 4.23. The van der Waals surface area contributed by atoms with Crippen molar-refractivity contribution in [1.82, 2.24) is 4.31 Å². The molecule has 0 saturated carbocycles. The van der Waals surface area contributed by atoms with Gasteiger partial charge in [-0.1, -0.05) is 12.0 Å². The third-order valence-corrected chi connectivity index (χ3v) is 4.37. The normalized spacial score (nSPS) is 14.3. The molecule has 0 fully saturated rings. The Kier molecular flexibility index (Phi) is 5.15.